The normalized spacial score (nSPS) is 47.0. The zero-order chi connectivity index (χ0) is 17.6. The molecule has 2 aromatic rings. The molecule has 6 aliphatic rings. The molecule has 0 spiro atoms. The lowest BCUT2D eigenvalue weighted by molar-refractivity contribution is -0.0851. The highest BCUT2D eigenvalue weighted by Gasteiger charge is 2.75. The standard InChI is InChI=1S/C25H22N2/c1-3-7-18(8-4-1)24-20-13-14-21(20)25(27-26-24,19-9-5-2-6-10-19)23-17-12-11-16(15-17)22(23)24/h1-14,16-17,20-23H,15H2/t16-,17+,20-,21+,22+,23-,24-,25+. The molecule has 4 bridgehead atoms. The van der Waals surface area contributed by atoms with Gasteiger partial charge in [0.05, 0.1) is 0 Å². The molecule has 0 aromatic heterocycles. The van der Waals surface area contributed by atoms with Crippen LogP contribution in [0.3, 0.4) is 0 Å². The second-order valence-corrected chi connectivity index (χ2v) is 9.02. The minimum Gasteiger partial charge on any atom is -0.181 e. The molecular formula is C25H22N2. The summed E-state index contributed by atoms with van der Waals surface area (Å²) in [6.07, 6.45) is 11.1. The molecule has 4 aliphatic carbocycles. The lowest BCUT2D eigenvalue weighted by Gasteiger charge is -2.66. The van der Waals surface area contributed by atoms with Crippen LogP contribution in [0.2, 0.25) is 0 Å². The van der Waals surface area contributed by atoms with E-state index in [0.717, 1.165) is 0 Å². The smallest absolute Gasteiger partial charge is 0.117 e. The van der Waals surface area contributed by atoms with Crippen molar-refractivity contribution in [2.45, 2.75) is 17.5 Å². The summed E-state index contributed by atoms with van der Waals surface area (Å²) in [6.45, 7) is 0. The zero-order valence-corrected chi connectivity index (χ0v) is 15.1. The van der Waals surface area contributed by atoms with Gasteiger partial charge >= 0.3 is 0 Å². The summed E-state index contributed by atoms with van der Waals surface area (Å²) in [5.41, 5.74) is 2.38. The summed E-state index contributed by atoms with van der Waals surface area (Å²) < 4.78 is 0. The van der Waals surface area contributed by atoms with Gasteiger partial charge in [0, 0.05) is 23.7 Å². The van der Waals surface area contributed by atoms with Crippen LogP contribution in [0, 0.1) is 35.5 Å². The fourth-order valence-corrected chi connectivity index (χ4v) is 7.37. The van der Waals surface area contributed by atoms with Gasteiger partial charge < -0.3 is 0 Å². The van der Waals surface area contributed by atoms with E-state index in [1.54, 1.807) is 0 Å². The summed E-state index contributed by atoms with van der Waals surface area (Å²) in [5.74, 6) is 3.31. The topological polar surface area (TPSA) is 24.7 Å². The van der Waals surface area contributed by atoms with E-state index in [1.807, 2.05) is 0 Å². The largest absolute Gasteiger partial charge is 0.181 e. The summed E-state index contributed by atoms with van der Waals surface area (Å²) in [6, 6.07) is 22.1. The van der Waals surface area contributed by atoms with Crippen LogP contribution in [0.25, 0.3) is 0 Å². The third kappa shape index (κ3) is 1.46. The Labute approximate surface area is 159 Å². The maximum atomic E-state index is 5.23. The molecular weight excluding hydrogens is 328 g/mol. The predicted octanol–water partition coefficient (Wildman–Crippen LogP) is 5.50. The number of rotatable bonds is 2. The minimum atomic E-state index is -0.175. The molecule has 0 radical (unpaired) electrons. The second kappa shape index (κ2) is 4.67. The SMILES string of the molecule is C1=C[C@H]2C[C@@H]1[C@H]1[C@@H]2[C@@]2(c3ccccc3)N=N[C@]1(c1ccccc1)[C@@H]1C=C[C@@H]12. The van der Waals surface area contributed by atoms with Crippen molar-refractivity contribution in [3.8, 4) is 0 Å². The molecule has 0 N–H and O–H groups in total. The van der Waals surface area contributed by atoms with Crippen molar-refractivity contribution >= 4 is 0 Å². The van der Waals surface area contributed by atoms with E-state index in [0.29, 0.717) is 35.5 Å². The van der Waals surface area contributed by atoms with Crippen molar-refractivity contribution in [1.82, 2.24) is 0 Å². The third-order valence-electron chi connectivity index (χ3n) is 8.26. The number of azo groups is 1. The number of allylic oxidation sites excluding steroid dienone is 2. The summed E-state index contributed by atoms with van der Waals surface area (Å²) in [4.78, 5) is 0. The van der Waals surface area contributed by atoms with Crippen LogP contribution in [0.4, 0.5) is 0 Å². The van der Waals surface area contributed by atoms with Crippen molar-refractivity contribution in [3.05, 3.63) is 96.1 Å². The summed E-state index contributed by atoms with van der Waals surface area (Å²) in [5, 5.41) is 10.5. The molecule has 0 saturated heterocycles. The van der Waals surface area contributed by atoms with E-state index in [4.69, 9.17) is 10.2 Å². The van der Waals surface area contributed by atoms with Gasteiger partial charge in [0.15, 0.2) is 0 Å². The Morgan fingerprint density at radius 2 is 1.04 bits per heavy atom. The maximum absolute atomic E-state index is 5.23. The molecule has 2 nitrogen and oxygen atoms in total. The molecule has 2 saturated carbocycles. The molecule has 0 amide bonds. The van der Waals surface area contributed by atoms with E-state index in [-0.39, 0.29) is 11.1 Å². The van der Waals surface area contributed by atoms with E-state index in [2.05, 4.69) is 85.0 Å². The minimum absolute atomic E-state index is 0.175. The highest BCUT2D eigenvalue weighted by atomic mass is 15.3. The van der Waals surface area contributed by atoms with Crippen molar-refractivity contribution in [1.29, 1.82) is 0 Å². The predicted molar refractivity (Wildman–Crippen MR) is 105 cm³/mol. The number of fused-ring (bicyclic) bond motifs is 2. The van der Waals surface area contributed by atoms with E-state index < -0.39 is 0 Å². The van der Waals surface area contributed by atoms with Crippen LogP contribution in [0.5, 0.6) is 0 Å². The Hall–Kier alpha value is -2.48. The van der Waals surface area contributed by atoms with Gasteiger partial charge in [0.2, 0.25) is 0 Å². The quantitative estimate of drug-likeness (QED) is 0.639. The van der Waals surface area contributed by atoms with E-state index in [1.165, 1.54) is 17.5 Å². The second-order valence-electron chi connectivity index (χ2n) is 9.02. The van der Waals surface area contributed by atoms with Gasteiger partial charge in [-0.1, -0.05) is 85.0 Å². The molecule has 0 unspecified atom stereocenters. The van der Waals surface area contributed by atoms with Gasteiger partial charge in [-0.25, -0.2) is 0 Å². The van der Waals surface area contributed by atoms with E-state index in [9.17, 15) is 0 Å². The van der Waals surface area contributed by atoms with Crippen molar-refractivity contribution in [2.75, 3.05) is 0 Å². The Morgan fingerprint density at radius 3 is 1.44 bits per heavy atom. The molecule has 132 valence electrons. The summed E-state index contributed by atoms with van der Waals surface area (Å²) >= 11 is 0. The fraction of sp³-hybridized carbons (Fsp3) is 0.360. The molecule has 2 aliphatic heterocycles. The van der Waals surface area contributed by atoms with Crippen LogP contribution < -0.4 is 0 Å². The zero-order valence-electron chi connectivity index (χ0n) is 15.1. The van der Waals surface area contributed by atoms with Gasteiger partial charge in [-0.05, 0) is 29.4 Å². The van der Waals surface area contributed by atoms with Crippen LogP contribution in [-0.2, 0) is 11.1 Å². The lowest BCUT2D eigenvalue weighted by atomic mass is 9.42. The first kappa shape index (κ1) is 14.6. The molecule has 8 atom stereocenters. The Morgan fingerprint density at radius 1 is 0.593 bits per heavy atom. The Kier molecular flexibility index (Phi) is 2.52. The van der Waals surface area contributed by atoms with Crippen LogP contribution in [0.15, 0.2) is 95.2 Å². The van der Waals surface area contributed by atoms with Crippen molar-refractivity contribution in [3.63, 3.8) is 0 Å². The Bertz CT molecular complexity index is 928. The van der Waals surface area contributed by atoms with E-state index >= 15 is 0 Å². The molecule has 2 fully saturated rings. The molecule has 27 heavy (non-hydrogen) atoms. The first-order chi connectivity index (χ1) is 13.4. The third-order valence-corrected chi connectivity index (χ3v) is 8.26. The molecule has 2 aromatic carbocycles. The highest BCUT2D eigenvalue weighted by molar-refractivity contribution is 5.47. The monoisotopic (exact) mass is 350 g/mol. The fourth-order valence-electron chi connectivity index (χ4n) is 7.37. The number of benzene rings is 2. The van der Waals surface area contributed by atoms with Gasteiger partial charge in [-0.15, -0.1) is 0 Å². The average Bonchev–Trinajstić information content (AvgIpc) is 3.33. The highest BCUT2D eigenvalue weighted by Crippen LogP contribution is 2.75. The first-order valence-corrected chi connectivity index (χ1v) is 10.3. The van der Waals surface area contributed by atoms with Gasteiger partial charge in [0.25, 0.3) is 0 Å². The van der Waals surface area contributed by atoms with Gasteiger partial charge in [0.1, 0.15) is 11.1 Å². The molecule has 8 rings (SSSR count). The van der Waals surface area contributed by atoms with Crippen molar-refractivity contribution < 1.29 is 0 Å². The van der Waals surface area contributed by atoms with Crippen LogP contribution >= 0.6 is 0 Å². The number of hydrogen-bond acceptors (Lipinski definition) is 2. The van der Waals surface area contributed by atoms with Crippen LogP contribution in [0.1, 0.15) is 17.5 Å². The molecule has 2 heteroatoms. The Balaban J connectivity index is 1.55. The number of nitrogens with zero attached hydrogens (tertiary/aromatic N) is 2. The maximum Gasteiger partial charge on any atom is 0.117 e. The van der Waals surface area contributed by atoms with Crippen molar-refractivity contribution in [2.24, 2.45) is 45.7 Å². The van der Waals surface area contributed by atoms with Crippen LogP contribution in [-0.4, -0.2) is 0 Å². The molecule has 2 heterocycles. The first-order valence-electron chi connectivity index (χ1n) is 10.3. The lowest BCUT2D eigenvalue weighted by Crippen LogP contribution is -2.66. The van der Waals surface area contributed by atoms with Gasteiger partial charge in [-0.2, -0.15) is 10.2 Å². The summed E-state index contributed by atoms with van der Waals surface area (Å²) in [7, 11) is 0. The average molecular weight is 350 g/mol. The van der Waals surface area contributed by atoms with Gasteiger partial charge in [-0.3, -0.25) is 0 Å². The number of hydrogen-bond donors (Lipinski definition) is 0.